The third kappa shape index (κ3) is 4.28. The predicted molar refractivity (Wildman–Crippen MR) is 78.0 cm³/mol. The van der Waals surface area contributed by atoms with Crippen LogP contribution in [0.25, 0.3) is 5.69 Å². The summed E-state index contributed by atoms with van der Waals surface area (Å²) < 4.78 is 6.75. The maximum absolute atomic E-state index is 11.5. The van der Waals surface area contributed by atoms with Crippen LogP contribution in [0.4, 0.5) is 0 Å². The van der Waals surface area contributed by atoms with E-state index in [0.717, 1.165) is 11.4 Å². The van der Waals surface area contributed by atoms with Gasteiger partial charge in [0.1, 0.15) is 11.4 Å². The molecule has 0 aliphatic rings. The van der Waals surface area contributed by atoms with Crippen LogP contribution in [0.1, 0.15) is 19.0 Å². The van der Waals surface area contributed by atoms with Gasteiger partial charge in [-0.05, 0) is 31.2 Å². The number of hydrogen-bond acceptors (Lipinski definition) is 5. The Balaban J connectivity index is 1.96. The zero-order chi connectivity index (χ0) is 15.2. The van der Waals surface area contributed by atoms with Crippen molar-refractivity contribution in [3.8, 4) is 11.4 Å². The van der Waals surface area contributed by atoms with Crippen LogP contribution < -0.4 is 15.8 Å². The molecule has 0 saturated heterocycles. The number of carbonyl (C=O) groups is 1. The van der Waals surface area contributed by atoms with Crippen LogP contribution in [-0.2, 0) is 11.3 Å². The van der Waals surface area contributed by atoms with Crippen LogP contribution in [0.15, 0.2) is 30.5 Å². The Hall–Kier alpha value is -2.41. The fourth-order valence-corrected chi connectivity index (χ4v) is 1.79. The molecule has 0 radical (unpaired) electrons. The Bertz CT molecular complexity index is 592. The Morgan fingerprint density at radius 3 is 2.76 bits per heavy atom. The van der Waals surface area contributed by atoms with Crippen molar-refractivity contribution in [3.05, 3.63) is 36.2 Å². The Kier molecular flexibility index (Phi) is 4.89. The highest BCUT2D eigenvalue weighted by molar-refractivity contribution is 5.76. The van der Waals surface area contributed by atoms with Crippen LogP contribution in [0.2, 0.25) is 0 Å². The molecule has 0 aliphatic carbocycles. The van der Waals surface area contributed by atoms with Gasteiger partial charge in [-0.2, -0.15) is 0 Å². The van der Waals surface area contributed by atoms with Crippen molar-refractivity contribution in [3.63, 3.8) is 0 Å². The molecule has 1 aromatic carbocycles. The summed E-state index contributed by atoms with van der Waals surface area (Å²) in [5, 5.41) is 10.8. The minimum Gasteiger partial charge on any atom is -0.497 e. The molecule has 0 aliphatic heterocycles. The topological polar surface area (TPSA) is 95.1 Å². The molecular formula is C14H19N5O2. The second-order valence-corrected chi connectivity index (χ2v) is 4.81. The lowest BCUT2D eigenvalue weighted by Crippen LogP contribution is -2.29. The molecule has 2 rings (SSSR count). The van der Waals surface area contributed by atoms with Gasteiger partial charge in [-0.1, -0.05) is 5.21 Å². The first-order chi connectivity index (χ1) is 10.1. The summed E-state index contributed by atoms with van der Waals surface area (Å²) in [6.45, 7) is 2.13. The molecule has 1 heterocycles. The number of nitrogens with zero attached hydrogens (tertiary/aromatic N) is 3. The van der Waals surface area contributed by atoms with Gasteiger partial charge in [-0.3, -0.25) is 4.79 Å². The molecule has 3 N–H and O–H groups in total. The van der Waals surface area contributed by atoms with Crippen molar-refractivity contribution in [2.45, 2.75) is 25.9 Å². The van der Waals surface area contributed by atoms with E-state index in [2.05, 4.69) is 15.6 Å². The van der Waals surface area contributed by atoms with E-state index < -0.39 is 0 Å². The van der Waals surface area contributed by atoms with Crippen molar-refractivity contribution >= 4 is 5.91 Å². The summed E-state index contributed by atoms with van der Waals surface area (Å²) >= 11 is 0. The smallest absolute Gasteiger partial charge is 0.221 e. The quantitative estimate of drug-likeness (QED) is 0.813. The fourth-order valence-electron chi connectivity index (χ4n) is 1.79. The van der Waals surface area contributed by atoms with Gasteiger partial charge >= 0.3 is 0 Å². The lowest BCUT2D eigenvalue weighted by atomic mass is 10.2. The number of benzene rings is 1. The molecule has 1 amide bonds. The largest absolute Gasteiger partial charge is 0.497 e. The van der Waals surface area contributed by atoms with E-state index in [1.165, 1.54) is 0 Å². The first-order valence-electron chi connectivity index (χ1n) is 6.66. The van der Waals surface area contributed by atoms with E-state index in [9.17, 15) is 4.79 Å². The van der Waals surface area contributed by atoms with E-state index in [1.807, 2.05) is 24.3 Å². The van der Waals surface area contributed by atoms with Crippen molar-refractivity contribution < 1.29 is 9.53 Å². The number of ether oxygens (including phenoxy) is 1. The average Bonchev–Trinajstić information content (AvgIpc) is 2.93. The summed E-state index contributed by atoms with van der Waals surface area (Å²) in [6, 6.07) is 7.31. The van der Waals surface area contributed by atoms with Gasteiger partial charge in [0, 0.05) is 12.5 Å². The highest BCUT2D eigenvalue weighted by Crippen LogP contribution is 2.14. The van der Waals surface area contributed by atoms with Crippen LogP contribution in [0, 0.1) is 0 Å². The van der Waals surface area contributed by atoms with Gasteiger partial charge in [0.15, 0.2) is 0 Å². The van der Waals surface area contributed by atoms with Crippen LogP contribution in [0.5, 0.6) is 5.75 Å². The summed E-state index contributed by atoms with van der Waals surface area (Å²) in [5.41, 5.74) is 7.12. The lowest BCUT2D eigenvalue weighted by molar-refractivity contribution is -0.121. The fraction of sp³-hybridized carbons (Fsp3) is 0.357. The zero-order valence-corrected chi connectivity index (χ0v) is 12.1. The maximum atomic E-state index is 11.5. The van der Waals surface area contributed by atoms with Gasteiger partial charge in [0.25, 0.3) is 0 Å². The van der Waals surface area contributed by atoms with Crippen LogP contribution in [0.3, 0.4) is 0 Å². The average molecular weight is 289 g/mol. The number of amides is 1. The van der Waals surface area contributed by atoms with Crippen molar-refractivity contribution in [2.75, 3.05) is 7.11 Å². The first-order valence-corrected chi connectivity index (χ1v) is 6.66. The Labute approximate surface area is 123 Å². The predicted octanol–water partition coefficient (Wildman–Crippen LogP) is 0.629. The minimum absolute atomic E-state index is 0.0935. The maximum Gasteiger partial charge on any atom is 0.221 e. The highest BCUT2D eigenvalue weighted by atomic mass is 16.5. The molecule has 0 fully saturated rings. The molecule has 112 valence electrons. The van der Waals surface area contributed by atoms with E-state index in [1.54, 1.807) is 24.9 Å². The highest BCUT2D eigenvalue weighted by Gasteiger charge is 2.07. The molecule has 0 saturated carbocycles. The number of nitrogens with one attached hydrogen (secondary N) is 1. The second kappa shape index (κ2) is 6.85. The van der Waals surface area contributed by atoms with E-state index in [-0.39, 0.29) is 11.9 Å². The number of rotatable bonds is 6. The molecule has 1 atom stereocenters. The van der Waals surface area contributed by atoms with Crippen LogP contribution in [-0.4, -0.2) is 34.1 Å². The SMILES string of the molecule is COc1ccc(-n2cc(CNC(=O)CC(C)N)nn2)cc1. The monoisotopic (exact) mass is 289 g/mol. The third-order valence-electron chi connectivity index (χ3n) is 2.85. The van der Waals surface area contributed by atoms with Gasteiger partial charge in [0.2, 0.25) is 5.91 Å². The number of nitrogens with two attached hydrogens (primary N) is 1. The summed E-state index contributed by atoms with van der Waals surface area (Å²) in [7, 11) is 1.62. The normalized spacial score (nSPS) is 12.0. The molecule has 1 aromatic heterocycles. The van der Waals surface area contributed by atoms with Crippen molar-refractivity contribution in [1.82, 2.24) is 20.3 Å². The number of carbonyl (C=O) groups excluding carboxylic acids is 1. The second-order valence-electron chi connectivity index (χ2n) is 4.81. The van der Waals surface area contributed by atoms with Gasteiger partial charge < -0.3 is 15.8 Å². The summed E-state index contributed by atoms with van der Waals surface area (Å²) in [6.07, 6.45) is 2.07. The Morgan fingerprint density at radius 1 is 1.43 bits per heavy atom. The minimum atomic E-state index is -0.153. The molecule has 0 spiro atoms. The third-order valence-corrected chi connectivity index (χ3v) is 2.85. The number of aromatic nitrogens is 3. The van der Waals surface area contributed by atoms with Crippen molar-refractivity contribution in [2.24, 2.45) is 5.73 Å². The molecular weight excluding hydrogens is 270 g/mol. The molecule has 21 heavy (non-hydrogen) atoms. The van der Waals surface area contributed by atoms with Gasteiger partial charge in [-0.25, -0.2) is 4.68 Å². The molecule has 7 heteroatoms. The summed E-state index contributed by atoms with van der Waals surface area (Å²) in [4.78, 5) is 11.5. The standard InChI is InChI=1S/C14H19N5O2/c1-10(15)7-14(20)16-8-11-9-19(18-17-11)12-3-5-13(21-2)6-4-12/h3-6,9-10H,7-8,15H2,1-2H3,(H,16,20). The van der Waals surface area contributed by atoms with E-state index in [0.29, 0.717) is 18.7 Å². The first kappa shape index (κ1) is 15.0. The number of methoxy groups -OCH3 is 1. The van der Waals surface area contributed by atoms with Gasteiger partial charge in [0.05, 0.1) is 25.5 Å². The Morgan fingerprint density at radius 2 is 2.14 bits per heavy atom. The molecule has 2 aromatic rings. The van der Waals surface area contributed by atoms with Crippen molar-refractivity contribution in [1.29, 1.82) is 0 Å². The zero-order valence-electron chi connectivity index (χ0n) is 12.1. The molecule has 0 bridgehead atoms. The van der Waals surface area contributed by atoms with Crippen LogP contribution >= 0.6 is 0 Å². The molecule has 7 nitrogen and oxygen atoms in total. The molecule has 1 unspecified atom stereocenters. The summed E-state index contributed by atoms with van der Waals surface area (Å²) in [5.74, 6) is 0.686. The van der Waals surface area contributed by atoms with Gasteiger partial charge in [-0.15, -0.1) is 5.10 Å². The lowest BCUT2D eigenvalue weighted by Gasteiger charge is -2.05. The number of hydrogen-bond donors (Lipinski definition) is 2. The van der Waals surface area contributed by atoms with E-state index >= 15 is 0 Å². The van der Waals surface area contributed by atoms with E-state index in [4.69, 9.17) is 10.5 Å².